The Labute approximate surface area is 114 Å². The summed E-state index contributed by atoms with van der Waals surface area (Å²) in [6.07, 6.45) is 2.12. The van der Waals surface area contributed by atoms with Gasteiger partial charge in [0.25, 0.3) is 0 Å². The van der Waals surface area contributed by atoms with Crippen molar-refractivity contribution in [2.75, 3.05) is 40.0 Å². The molecule has 1 aliphatic heterocycles. The predicted octanol–water partition coefficient (Wildman–Crippen LogP) is 2.61. The maximum atomic E-state index is 6.02. The third-order valence-electron chi connectivity index (χ3n) is 3.27. The number of methoxy groups -OCH3 is 1. The molecule has 0 bridgehead atoms. The van der Waals surface area contributed by atoms with Gasteiger partial charge in [-0.15, -0.1) is 0 Å². The van der Waals surface area contributed by atoms with Crippen molar-refractivity contribution < 1.29 is 9.47 Å². The lowest BCUT2D eigenvalue weighted by Crippen LogP contribution is -2.36. The monoisotopic (exact) mass is 269 g/mol. The van der Waals surface area contributed by atoms with E-state index in [9.17, 15) is 0 Å². The van der Waals surface area contributed by atoms with Gasteiger partial charge in [-0.3, -0.25) is 4.90 Å². The first-order valence-corrected chi connectivity index (χ1v) is 6.80. The van der Waals surface area contributed by atoms with Crippen LogP contribution in [0.2, 0.25) is 5.02 Å². The number of halogens is 1. The van der Waals surface area contributed by atoms with E-state index >= 15 is 0 Å². The van der Waals surface area contributed by atoms with E-state index in [-0.39, 0.29) is 0 Å². The second kappa shape index (κ2) is 6.98. The summed E-state index contributed by atoms with van der Waals surface area (Å²) in [4.78, 5) is 2.44. The molecular formula is C14H20ClNO2. The Morgan fingerprint density at radius 2 is 2.11 bits per heavy atom. The first-order valence-electron chi connectivity index (χ1n) is 6.42. The van der Waals surface area contributed by atoms with Crippen molar-refractivity contribution in [3.63, 3.8) is 0 Å². The molecule has 1 saturated heterocycles. The number of hydrogen-bond donors (Lipinski definition) is 0. The molecule has 2 rings (SSSR count). The van der Waals surface area contributed by atoms with E-state index in [1.807, 2.05) is 18.2 Å². The van der Waals surface area contributed by atoms with Crippen LogP contribution in [0.15, 0.2) is 18.2 Å². The van der Waals surface area contributed by atoms with Gasteiger partial charge in [0, 0.05) is 18.1 Å². The van der Waals surface area contributed by atoms with Gasteiger partial charge < -0.3 is 9.47 Å². The van der Waals surface area contributed by atoms with E-state index in [2.05, 4.69) is 4.90 Å². The fourth-order valence-corrected chi connectivity index (χ4v) is 2.46. The minimum atomic E-state index is 0.775. The Morgan fingerprint density at radius 3 is 2.83 bits per heavy atom. The first-order chi connectivity index (χ1) is 8.79. The van der Waals surface area contributed by atoms with E-state index in [0.717, 1.165) is 56.5 Å². The third kappa shape index (κ3) is 3.87. The maximum Gasteiger partial charge on any atom is 0.122 e. The lowest BCUT2D eigenvalue weighted by Gasteiger charge is -2.26. The zero-order chi connectivity index (χ0) is 12.8. The Balaban J connectivity index is 1.83. The second-order valence-electron chi connectivity index (χ2n) is 4.51. The molecule has 1 fully saturated rings. The largest absolute Gasteiger partial charge is 0.496 e. The highest BCUT2D eigenvalue weighted by Gasteiger charge is 2.10. The smallest absolute Gasteiger partial charge is 0.122 e. The predicted molar refractivity (Wildman–Crippen MR) is 73.6 cm³/mol. The summed E-state index contributed by atoms with van der Waals surface area (Å²) in [5, 5.41) is 0.775. The number of benzene rings is 1. The van der Waals surface area contributed by atoms with Crippen molar-refractivity contribution in [3.05, 3.63) is 28.8 Å². The number of hydrogen-bond acceptors (Lipinski definition) is 3. The lowest BCUT2D eigenvalue weighted by molar-refractivity contribution is 0.0374. The van der Waals surface area contributed by atoms with Crippen LogP contribution in [0.5, 0.6) is 5.75 Å². The molecule has 0 N–H and O–H groups in total. The summed E-state index contributed by atoms with van der Waals surface area (Å²) in [6.45, 7) is 4.93. The Kier molecular flexibility index (Phi) is 5.29. The van der Waals surface area contributed by atoms with E-state index < -0.39 is 0 Å². The highest BCUT2D eigenvalue weighted by molar-refractivity contribution is 6.30. The molecule has 100 valence electrons. The number of rotatable bonds is 5. The number of morpholine rings is 1. The summed E-state index contributed by atoms with van der Waals surface area (Å²) in [6, 6.07) is 5.80. The van der Waals surface area contributed by atoms with Crippen LogP contribution in [-0.4, -0.2) is 44.9 Å². The molecule has 0 radical (unpaired) electrons. The van der Waals surface area contributed by atoms with Crippen LogP contribution < -0.4 is 4.74 Å². The van der Waals surface area contributed by atoms with Gasteiger partial charge in [0.05, 0.1) is 20.3 Å². The van der Waals surface area contributed by atoms with Crippen molar-refractivity contribution in [1.82, 2.24) is 4.90 Å². The maximum absolute atomic E-state index is 6.02. The zero-order valence-electron chi connectivity index (χ0n) is 10.8. The molecule has 4 heteroatoms. The third-order valence-corrected chi connectivity index (χ3v) is 3.50. The molecule has 0 atom stereocenters. The highest BCUT2D eigenvalue weighted by Crippen LogP contribution is 2.23. The van der Waals surface area contributed by atoms with Crippen molar-refractivity contribution in [1.29, 1.82) is 0 Å². The molecule has 1 heterocycles. The van der Waals surface area contributed by atoms with Gasteiger partial charge in [-0.1, -0.05) is 11.6 Å². The van der Waals surface area contributed by atoms with E-state index in [1.54, 1.807) is 7.11 Å². The summed E-state index contributed by atoms with van der Waals surface area (Å²) in [5.74, 6) is 0.932. The highest BCUT2D eigenvalue weighted by atomic mass is 35.5. The van der Waals surface area contributed by atoms with Crippen LogP contribution >= 0.6 is 11.6 Å². The van der Waals surface area contributed by atoms with Crippen molar-refractivity contribution in [3.8, 4) is 5.75 Å². The minimum absolute atomic E-state index is 0.775. The van der Waals surface area contributed by atoms with E-state index in [1.165, 1.54) is 5.56 Å². The Bertz CT molecular complexity index is 378. The van der Waals surface area contributed by atoms with Gasteiger partial charge in [0.1, 0.15) is 5.75 Å². The van der Waals surface area contributed by atoms with E-state index in [0.29, 0.717) is 0 Å². The molecule has 0 unspecified atom stereocenters. The normalized spacial score (nSPS) is 16.8. The molecule has 1 aromatic carbocycles. The molecule has 1 aliphatic rings. The number of nitrogens with zero attached hydrogens (tertiary/aromatic N) is 1. The van der Waals surface area contributed by atoms with Crippen LogP contribution in [0.4, 0.5) is 0 Å². The molecule has 0 aromatic heterocycles. The molecule has 1 aromatic rings. The standard InChI is InChI=1S/C14H20ClNO2/c1-17-14-5-4-13(15)11-12(14)3-2-6-16-7-9-18-10-8-16/h4-5,11H,2-3,6-10H2,1H3. The Morgan fingerprint density at radius 1 is 1.33 bits per heavy atom. The van der Waals surface area contributed by atoms with E-state index in [4.69, 9.17) is 21.1 Å². The molecule has 0 aliphatic carbocycles. The molecule has 18 heavy (non-hydrogen) atoms. The van der Waals surface area contributed by atoms with Crippen LogP contribution in [0.25, 0.3) is 0 Å². The van der Waals surface area contributed by atoms with Crippen LogP contribution in [0, 0.1) is 0 Å². The molecule has 0 spiro atoms. The summed E-state index contributed by atoms with van der Waals surface area (Å²) in [5.41, 5.74) is 1.19. The van der Waals surface area contributed by atoms with Crippen molar-refractivity contribution >= 4 is 11.6 Å². The number of aryl methyl sites for hydroxylation is 1. The van der Waals surface area contributed by atoms with Gasteiger partial charge >= 0.3 is 0 Å². The fourth-order valence-electron chi connectivity index (χ4n) is 2.26. The summed E-state index contributed by atoms with van der Waals surface area (Å²) < 4.78 is 10.7. The van der Waals surface area contributed by atoms with Crippen molar-refractivity contribution in [2.45, 2.75) is 12.8 Å². The van der Waals surface area contributed by atoms with Gasteiger partial charge in [0.15, 0.2) is 0 Å². The Hall–Kier alpha value is -0.770. The topological polar surface area (TPSA) is 21.7 Å². The first kappa shape index (κ1) is 13.7. The van der Waals surface area contributed by atoms with Crippen LogP contribution in [-0.2, 0) is 11.2 Å². The average Bonchev–Trinajstić information content (AvgIpc) is 2.40. The number of ether oxygens (including phenoxy) is 2. The summed E-state index contributed by atoms with van der Waals surface area (Å²) in [7, 11) is 1.70. The van der Waals surface area contributed by atoms with Crippen molar-refractivity contribution in [2.24, 2.45) is 0 Å². The fraction of sp³-hybridized carbons (Fsp3) is 0.571. The summed E-state index contributed by atoms with van der Waals surface area (Å²) >= 11 is 6.02. The quantitative estimate of drug-likeness (QED) is 0.820. The SMILES string of the molecule is COc1ccc(Cl)cc1CCCN1CCOCC1. The molecule has 0 saturated carbocycles. The van der Waals surface area contributed by atoms with Crippen LogP contribution in [0.1, 0.15) is 12.0 Å². The van der Waals surface area contributed by atoms with Gasteiger partial charge in [0.2, 0.25) is 0 Å². The lowest BCUT2D eigenvalue weighted by atomic mass is 10.1. The second-order valence-corrected chi connectivity index (χ2v) is 4.95. The van der Waals surface area contributed by atoms with Gasteiger partial charge in [-0.05, 0) is 43.1 Å². The zero-order valence-corrected chi connectivity index (χ0v) is 11.6. The molecule has 0 amide bonds. The van der Waals surface area contributed by atoms with Crippen LogP contribution in [0.3, 0.4) is 0 Å². The molecule has 3 nitrogen and oxygen atoms in total. The molecular weight excluding hydrogens is 250 g/mol. The minimum Gasteiger partial charge on any atom is -0.496 e. The average molecular weight is 270 g/mol. The van der Waals surface area contributed by atoms with Gasteiger partial charge in [-0.2, -0.15) is 0 Å². The van der Waals surface area contributed by atoms with Gasteiger partial charge in [-0.25, -0.2) is 0 Å².